The van der Waals surface area contributed by atoms with Crippen LogP contribution in [0, 0.1) is 0 Å². The number of carbonyl (C=O) groups excluding carboxylic acids is 2. The first-order valence-electron chi connectivity index (χ1n) is 10.7. The van der Waals surface area contributed by atoms with Gasteiger partial charge >= 0.3 is 11.7 Å². The fourth-order valence-electron chi connectivity index (χ4n) is 3.82. The largest absolute Gasteiger partial charge is 0.467 e. The first-order valence-corrected chi connectivity index (χ1v) is 11.5. The van der Waals surface area contributed by atoms with Gasteiger partial charge in [0.15, 0.2) is 0 Å². The summed E-state index contributed by atoms with van der Waals surface area (Å²) in [6, 6.07) is 11.6. The number of nitrogens with zero attached hydrogens (tertiary/aromatic N) is 3. The second-order valence-corrected chi connectivity index (χ2v) is 8.71. The van der Waals surface area contributed by atoms with E-state index in [-0.39, 0.29) is 22.0 Å². The molecule has 0 aliphatic carbocycles. The Hall–Kier alpha value is -3.95. The number of carbonyl (C=O) groups is 2. The number of benzene rings is 2. The van der Waals surface area contributed by atoms with E-state index < -0.39 is 29.2 Å². The molecule has 0 radical (unpaired) electrons. The van der Waals surface area contributed by atoms with Crippen molar-refractivity contribution in [2.24, 2.45) is 7.05 Å². The van der Waals surface area contributed by atoms with E-state index in [0.29, 0.717) is 22.2 Å². The minimum Gasteiger partial charge on any atom is -0.467 e. The summed E-state index contributed by atoms with van der Waals surface area (Å²) in [5, 5.41) is 3.25. The standard InChI is InChI=1S/C25H20Cl2N4O5/c1-30-20-13-28-11-10-16(20)23(33)31(25(30)35)15-8-6-14(7-9-15)12-19(24(34)36-2)29-22(32)21-17(26)4-3-5-18(21)27/h3-11,13,19H,12H2,1-2H3,(H,29,32)/t19-/m0/s1. The Morgan fingerprint density at radius 1 is 1.06 bits per heavy atom. The molecule has 4 rings (SSSR count). The molecule has 1 N–H and O–H groups in total. The van der Waals surface area contributed by atoms with Gasteiger partial charge in [0, 0.05) is 19.7 Å². The average Bonchev–Trinajstić information content (AvgIpc) is 2.87. The summed E-state index contributed by atoms with van der Waals surface area (Å²) in [5.41, 5.74) is 0.478. The Bertz CT molecular complexity index is 1580. The number of hydrogen-bond acceptors (Lipinski definition) is 6. The van der Waals surface area contributed by atoms with Gasteiger partial charge in [-0.1, -0.05) is 41.4 Å². The Morgan fingerprint density at radius 3 is 2.36 bits per heavy atom. The summed E-state index contributed by atoms with van der Waals surface area (Å²) < 4.78 is 7.25. The molecule has 4 aromatic rings. The molecule has 0 unspecified atom stereocenters. The van der Waals surface area contributed by atoms with E-state index in [2.05, 4.69) is 10.3 Å². The molecule has 1 atom stereocenters. The number of fused-ring (bicyclic) bond motifs is 1. The van der Waals surface area contributed by atoms with E-state index in [1.165, 1.54) is 36.2 Å². The van der Waals surface area contributed by atoms with Gasteiger partial charge < -0.3 is 10.1 Å². The van der Waals surface area contributed by atoms with Crippen LogP contribution in [0.5, 0.6) is 0 Å². The topological polar surface area (TPSA) is 112 Å². The molecule has 0 fully saturated rings. The van der Waals surface area contributed by atoms with Crippen LogP contribution in [0.25, 0.3) is 16.6 Å². The van der Waals surface area contributed by atoms with Crippen LogP contribution < -0.4 is 16.6 Å². The zero-order valence-electron chi connectivity index (χ0n) is 19.2. The summed E-state index contributed by atoms with van der Waals surface area (Å²) in [4.78, 5) is 55.0. The van der Waals surface area contributed by atoms with E-state index in [0.717, 1.165) is 4.57 Å². The number of aromatic nitrogens is 3. The lowest BCUT2D eigenvalue weighted by atomic mass is 10.0. The van der Waals surface area contributed by atoms with Gasteiger partial charge in [0.25, 0.3) is 11.5 Å². The summed E-state index contributed by atoms with van der Waals surface area (Å²) in [6.07, 6.45) is 3.03. The quantitative estimate of drug-likeness (QED) is 0.386. The molecule has 9 nitrogen and oxygen atoms in total. The predicted octanol–water partition coefficient (Wildman–Crippen LogP) is 2.91. The van der Waals surface area contributed by atoms with Gasteiger partial charge in [-0.05, 0) is 35.9 Å². The van der Waals surface area contributed by atoms with Crippen LogP contribution in [-0.2, 0) is 23.0 Å². The number of rotatable bonds is 6. The van der Waals surface area contributed by atoms with Crippen molar-refractivity contribution < 1.29 is 14.3 Å². The molecule has 2 aromatic heterocycles. The molecule has 0 saturated heterocycles. The van der Waals surface area contributed by atoms with Crippen molar-refractivity contribution in [3.8, 4) is 5.69 Å². The smallest absolute Gasteiger partial charge is 0.335 e. The molecule has 0 aliphatic heterocycles. The highest BCUT2D eigenvalue weighted by Crippen LogP contribution is 2.24. The highest BCUT2D eigenvalue weighted by atomic mass is 35.5. The minimum absolute atomic E-state index is 0.0480. The number of esters is 1. The Balaban J connectivity index is 1.63. The molecule has 1 amide bonds. The van der Waals surface area contributed by atoms with Crippen molar-refractivity contribution in [2.45, 2.75) is 12.5 Å². The van der Waals surface area contributed by atoms with E-state index in [4.69, 9.17) is 27.9 Å². The molecular formula is C25H20Cl2N4O5. The molecule has 2 aromatic carbocycles. The van der Waals surface area contributed by atoms with Crippen molar-refractivity contribution >= 4 is 46.0 Å². The Labute approximate surface area is 214 Å². The molecule has 11 heteroatoms. The zero-order chi connectivity index (χ0) is 26.0. The summed E-state index contributed by atoms with van der Waals surface area (Å²) in [7, 11) is 2.77. The molecule has 0 saturated carbocycles. The molecule has 36 heavy (non-hydrogen) atoms. The van der Waals surface area contributed by atoms with Gasteiger partial charge in [-0.3, -0.25) is 19.1 Å². The third-order valence-corrected chi connectivity index (χ3v) is 6.32. The van der Waals surface area contributed by atoms with Gasteiger partial charge in [-0.15, -0.1) is 0 Å². The maximum absolute atomic E-state index is 13.0. The second-order valence-electron chi connectivity index (χ2n) is 7.89. The number of ether oxygens (including phenoxy) is 1. The van der Waals surface area contributed by atoms with E-state index in [1.807, 2.05) is 0 Å². The highest BCUT2D eigenvalue weighted by Gasteiger charge is 2.25. The number of aryl methyl sites for hydroxylation is 1. The lowest BCUT2D eigenvalue weighted by molar-refractivity contribution is -0.142. The monoisotopic (exact) mass is 526 g/mol. The van der Waals surface area contributed by atoms with Gasteiger partial charge in [0.1, 0.15) is 6.04 Å². The molecular weight excluding hydrogens is 507 g/mol. The van der Waals surface area contributed by atoms with Crippen LogP contribution >= 0.6 is 23.2 Å². The third-order valence-electron chi connectivity index (χ3n) is 5.69. The van der Waals surface area contributed by atoms with Crippen LogP contribution in [0.4, 0.5) is 0 Å². The van der Waals surface area contributed by atoms with Crippen molar-refractivity contribution in [3.63, 3.8) is 0 Å². The van der Waals surface area contributed by atoms with Crippen molar-refractivity contribution in [2.75, 3.05) is 7.11 Å². The van der Waals surface area contributed by atoms with Crippen LogP contribution in [0.15, 0.2) is 70.5 Å². The fourth-order valence-corrected chi connectivity index (χ4v) is 4.39. The maximum Gasteiger partial charge on any atom is 0.335 e. The first kappa shape index (κ1) is 25.2. The number of amides is 1. The predicted molar refractivity (Wildman–Crippen MR) is 136 cm³/mol. The molecule has 0 aliphatic rings. The third kappa shape index (κ3) is 4.75. The number of hydrogen-bond donors (Lipinski definition) is 1. The van der Waals surface area contributed by atoms with Crippen molar-refractivity contribution in [3.05, 3.63) is 103 Å². The molecule has 0 spiro atoms. The van der Waals surface area contributed by atoms with Gasteiger partial charge in [0.05, 0.1) is 45.5 Å². The second kappa shape index (κ2) is 10.3. The summed E-state index contributed by atoms with van der Waals surface area (Å²) >= 11 is 12.2. The summed E-state index contributed by atoms with van der Waals surface area (Å²) in [5.74, 6) is -1.29. The minimum atomic E-state index is -1.04. The molecule has 184 valence electrons. The van der Waals surface area contributed by atoms with Crippen LogP contribution in [0.3, 0.4) is 0 Å². The number of halogens is 2. The molecule has 0 bridgehead atoms. The van der Waals surface area contributed by atoms with E-state index in [1.54, 1.807) is 43.4 Å². The number of methoxy groups -OCH3 is 1. The SMILES string of the molecule is COC(=O)[C@H](Cc1ccc(-n2c(=O)c3ccncc3n(C)c2=O)cc1)NC(=O)c1c(Cl)cccc1Cl. The lowest BCUT2D eigenvalue weighted by Gasteiger charge is -2.18. The normalized spacial score (nSPS) is 11.8. The first-order chi connectivity index (χ1) is 17.2. The van der Waals surface area contributed by atoms with Crippen LogP contribution in [0.1, 0.15) is 15.9 Å². The average molecular weight is 527 g/mol. The van der Waals surface area contributed by atoms with Gasteiger partial charge in [-0.2, -0.15) is 0 Å². The molecule has 2 heterocycles. The number of pyridine rings is 1. The van der Waals surface area contributed by atoms with Crippen molar-refractivity contribution in [1.82, 2.24) is 19.4 Å². The van der Waals surface area contributed by atoms with E-state index >= 15 is 0 Å². The zero-order valence-corrected chi connectivity index (χ0v) is 20.7. The highest BCUT2D eigenvalue weighted by molar-refractivity contribution is 6.39. The van der Waals surface area contributed by atoms with Gasteiger partial charge in [0.2, 0.25) is 0 Å². The van der Waals surface area contributed by atoms with Gasteiger partial charge in [-0.25, -0.2) is 14.2 Å². The maximum atomic E-state index is 13.0. The summed E-state index contributed by atoms with van der Waals surface area (Å²) in [6.45, 7) is 0. The van der Waals surface area contributed by atoms with Crippen LogP contribution in [-0.4, -0.2) is 39.1 Å². The number of nitrogens with one attached hydrogen (secondary N) is 1. The Kier molecular flexibility index (Phi) is 7.23. The lowest BCUT2D eigenvalue weighted by Crippen LogP contribution is -2.43. The van der Waals surface area contributed by atoms with E-state index in [9.17, 15) is 19.2 Å². The Morgan fingerprint density at radius 2 is 1.72 bits per heavy atom. The van der Waals surface area contributed by atoms with Crippen LogP contribution in [0.2, 0.25) is 10.0 Å². The fraction of sp³-hybridized carbons (Fsp3) is 0.160. The van der Waals surface area contributed by atoms with Crippen molar-refractivity contribution in [1.29, 1.82) is 0 Å².